The molecule has 1 aromatic carbocycles. The number of thiophene rings is 1. The Balaban J connectivity index is 1.81. The number of esters is 1. The standard InChI is InChI=1S/C19H21NO4S/c1-13(21)16-9-3-4-10-17(16)20-19(23)14(2)24-18(22)11-5-7-15-8-6-12-25-15/h3-4,6,8-10,12,14H,5,7,11H2,1-2H3,(H,20,23)/t14-/m1/s1. The lowest BCUT2D eigenvalue weighted by Gasteiger charge is -2.15. The Morgan fingerprint density at radius 3 is 2.60 bits per heavy atom. The number of anilines is 1. The van der Waals surface area contributed by atoms with Crippen molar-refractivity contribution in [3.8, 4) is 0 Å². The maximum absolute atomic E-state index is 12.2. The van der Waals surface area contributed by atoms with Crippen LogP contribution >= 0.6 is 11.3 Å². The van der Waals surface area contributed by atoms with E-state index in [9.17, 15) is 14.4 Å². The molecule has 1 N–H and O–H groups in total. The number of aryl methyl sites for hydroxylation is 1. The summed E-state index contributed by atoms with van der Waals surface area (Å²) in [6, 6.07) is 10.7. The van der Waals surface area contributed by atoms with Crippen LogP contribution in [-0.2, 0) is 20.7 Å². The third kappa shape index (κ3) is 5.83. The molecule has 0 spiro atoms. The summed E-state index contributed by atoms with van der Waals surface area (Å²) in [5.41, 5.74) is 0.839. The summed E-state index contributed by atoms with van der Waals surface area (Å²) in [6.45, 7) is 2.95. The Labute approximate surface area is 151 Å². The van der Waals surface area contributed by atoms with Crippen molar-refractivity contribution in [3.63, 3.8) is 0 Å². The van der Waals surface area contributed by atoms with Crippen LogP contribution in [0.5, 0.6) is 0 Å². The third-order valence-corrected chi connectivity index (χ3v) is 4.56. The lowest BCUT2D eigenvalue weighted by molar-refractivity contribution is -0.153. The minimum absolute atomic E-state index is 0.144. The highest BCUT2D eigenvalue weighted by Gasteiger charge is 2.19. The van der Waals surface area contributed by atoms with Gasteiger partial charge in [0.15, 0.2) is 11.9 Å². The van der Waals surface area contributed by atoms with E-state index in [0.29, 0.717) is 17.7 Å². The molecule has 0 radical (unpaired) electrons. The summed E-state index contributed by atoms with van der Waals surface area (Å²) < 4.78 is 5.17. The number of para-hydroxylation sites is 1. The van der Waals surface area contributed by atoms with Gasteiger partial charge in [0.05, 0.1) is 5.69 Å². The van der Waals surface area contributed by atoms with E-state index in [1.54, 1.807) is 35.6 Å². The number of benzene rings is 1. The molecule has 0 saturated heterocycles. The molecule has 0 fully saturated rings. The summed E-state index contributed by atoms with van der Waals surface area (Å²) in [5, 5.41) is 4.64. The molecule has 132 valence electrons. The van der Waals surface area contributed by atoms with E-state index < -0.39 is 18.0 Å². The van der Waals surface area contributed by atoms with E-state index in [-0.39, 0.29) is 12.2 Å². The summed E-state index contributed by atoms with van der Waals surface area (Å²) in [6.07, 6.45) is 0.842. The molecular formula is C19H21NO4S. The van der Waals surface area contributed by atoms with Gasteiger partial charge in [-0.1, -0.05) is 18.2 Å². The van der Waals surface area contributed by atoms with Gasteiger partial charge >= 0.3 is 5.97 Å². The molecule has 1 amide bonds. The number of nitrogens with one attached hydrogen (secondary N) is 1. The number of carbonyl (C=O) groups excluding carboxylic acids is 3. The number of Topliss-reactive ketones (excluding diaryl/α,β-unsaturated/α-hetero) is 1. The van der Waals surface area contributed by atoms with E-state index >= 15 is 0 Å². The molecule has 6 heteroatoms. The lowest BCUT2D eigenvalue weighted by atomic mass is 10.1. The van der Waals surface area contributed by atoms with Gasteiger partial charge in [0.1, 0.15) is 0 Å². The highest BCUT2D eigenvalue weighted by Crippen LogP contribution is 2.16. The first-order chi connectivity index (χ1) is 12.0. The molecule has 0 unspecified atom stereocenters. The van der Waals surface area contributed by atoms with Crippen molar-refractivity contribution in [2.24, 2.45) is 0 Å². The van der Waals surface area contributed by atoms with Gasteiger partial charge in [-0.2, -0.15) is 0 Å². The smallest absolute Gasteiger partial charge is 0.306 e. The van der Waals surface area contributed by atoms with E-state index in [4.69, 9.17) is 4.74 Å². The fraction of sp³-hybridized carbons (Fsp3) is 0.316. The fourth-order valence-corrected chi connectivity index (χ4v) is 3.06. The average molecular weight is 359 g/mol. The fourth-order valence-electron chi connectivity index (χ4n) is 2.30. The van der Waals surface area contributed by atoms with Crippen molar-refractivity contribution < 1.29 is 19.1 Å². The van der Waals surface area contributed by atoms with Gasteiger partial charge in [-0.05, 0) is 50.3 Å². The highest BCUT2D eigenvalue weighted by molar-refractivity contribution is 7.09. The molecule has 0 saturated carbocycles. The minimum atomic E-state index is -0.922. The van der Waals surface area contributed by atoms with Crippen molar-refractivity contribution in [1.82, 2.24) is 0 Å². The predicted molar refractivity (Wildman–Crippen MR) is 97.9 cm³/mol. The Morgan fingerprint density at radius 2 is 1.92 bits per heavy atom. The van der Waals surface area contributed by atoms with Crippen LogP contribution in [0.25, 0.3) is 0 Å². The quantitative estimate of drug-likeness (QED) is 0.574. The van der Waals surface area contributed by atoms with E-state index in [0.717, 1.165) is 6.42 Å². The number of hydrogen-bond acceptors (Lipinski definition) is 5. The van der Waals surface area contributed by atoms with Gasteiger partial charge in [0.25, 0.3) is 5.91 Å². The molecule has 0 bridgehead atoms. The van der Waals surface area contributed by atoms with Crippen LogP contribution in [0.15, 0.2) is 41.8 Å². The van der Waals surface area contributed by atoms with Gasteiger partial charge in [0.2, 0.25) is 0 Å². The highest BCUT2D eigenvalue weighted by atomic mass is 32.1. The SMILES string of the molecule is CC(=O)c1ccccc1NC(=O)[C@@H](C)OC(=O)CCCc1cccs1. The van der Waals surface area contributed by atoms with Crippen molar-refractivity contribution in [1.29, 1.82) is 0 Å². The van der Waals surface area contributed by atoms with Crippen molar-refractivity contribution in [2.75, 3.05) is 5.32 Å². The van der Waals surface area contributed by atoms with Crippen molar-refractivity contribution >= 4 is 34.7 Å². The first-order valence-electron chi connectivity index (χ1n) is 8.10. The summed E-state index contributed by atoms with van der Waals surface area (Å²) in [4.78, 5) is 36.8. The molecule has 0 aliphatic carbocycles. The Hall–Kier alpha value is -2.47. The number of rotatable bonds is 8. The Bertz CT molecular complexity index is 740. The second kappa shape index (κ2) is 9.13. The van der Waals surface area contributed by atoms with Crippen LogP contribution in [0.3, 0.4) is 0 Å². The molecule has 1 heterocycles. The number of ether oxygens (including phenoxy) is 1. The number of hydrogen-bond donors (Lipinski definition) is 1. The van der Waals surface area contributed by atoms with Gasteiger partial charge < -0.3 is 10.1 Å². The molecule has 1 atom stereocenters. The van der Waals surface area contributed by atoms with Gasteiger partial charge in [-0.3, -0.25) is 14.4 Å². The molecule has 5 nitrogen and oxygen atoms in total. The lowest BCUT2D eigenvalue weighted by Crippen LogP contribution is -2.30. The average Bonchev–Trinajstić information content (AvgIpc) is 3.08. The minimum Gasteiger partial charge on any atom is -0.453 e. The van der Waals surface area contributed by atoms with Crippen LogP contribution in [-0.4, -0.2) is 23.8 Å². The zero-order chi connectivity index (χ0) is 18.2. The topological polar surface area (TPSA) is 72.5 Å². The molecule has 1 aromatic heterocycles. The largest absolute Gasteiger partial charge is 0.453 e. The number of carbonyl (C=O) groups is 3. The van der Waals surface area contributed by atoms with Gasteiger partial charge in [-0.25, -0.2) is 0 Å². The normalized spacial score (nSPS) is 11.6. The Kier molecular flexibility index (Phi) is 6.89. The van der Waals surface area contributed by atoms with Crippen LogP contribution in [0.4, 0.5) is 5.69 Å². The van der Waals surface area contributed by atoms with E-state index in [1.165, 1.54) is 18.7 Å². The third-order valence-electron chi connectivity index (χ3n) is 3.63. The van der Waals surface area contributed by atoms with Crippen LogP contribution in [0.1, 0.15) is 41.9 Å². The summed E-state index contributed by atoms with van der Waals surface area (Å²) >= 11 is 1.65. The van der Waals surface area contributed by atoms with E-state index in [2.05, 4.69) is 5.32 Å². The zero-order valence-electron chi connectivity index (χ0n) is 14.3. The summed E-state index contributed by atoms with van der Waals surface area (Å²) in [7, 11) is 0. The summed E-state index contributed by atoms with van der Waals surface area (Å²) in [5.74, 6) is -1.01. The maximum atomic E-state index is 12.2. The first-order valence-corrected chi connectivity index (χ1v) is 8.98. The second-order valence-corrected chi connectivity index (χ2v) is 6.69. The van der Waals surface area contributed by atoms with Gasteiger partial charge in [0, 0.05) is 16.9 Å². The van der Waals surface area contributed by atoms with Gasteiger partial charge in [-0.15, -0.1) is 11.3 Å². The zero-order valence-corrected chi connectivity index (χ0v) is 15.1. The van der Waals surface area contributed by atoms with Crippen LogP contribution in [0, 0.1) is 0 Å². The predicted octanol–water partition coefficient (Wildman–Crippen LogP) is 3.84. The monoisotopic (exact) mass is 359 g/mol. The molecular weight excluding hydrogens is 338 g/mol. The van der Waals surface area contributed by atoms with E-state index in [1.807, 2.05) is 17.5 Å². The molecule has 2 aromatic rings. The van der Waals surface area contributed by atoms with Crippen LogP contribution < -0.4 is 5.32 Å². The molecule has 25 heavy (non-hydrogen) atoms. The second-order valence-electron chi connectivity index (χ2n) is 5.66. The maximum Gasteiger partial charge on any atom is 0.306 e. The van der Waals surface area contributed by atoms with Crippen LogP contribution in [0.2, 0.25) is 0 Å². The number of ketones is 1. The molecule has 2 rings (SSSR count). The van der Waals surface area contributed by atoms with Crippen molar-refractivity contribution in [3.05, 3.63) is 52.2 Å². The molecule has 0 aliphatic heterocycles. The Morgan fingerprint density at radius 1 is 1.16 bits per heavy atom. The first kappa shape index (κ1) is 18.9. The van der Waals surface area contributed by atoms with Crippen molar-refractivity contribution in [2.45, 2.75) is 39.2 Å². The molecule has 0 aliphatic rings. The number of amides is 1.